The first kappa shape index (κ1) is 24.0. The second-order valence-electron chi connectivity index (χ2n) is 10.7. The lowest BCUT2D eigenvalue weighted by molar-refractivity contribution is -0.135. The van der Waals surface area contributed by atoms with Crippen molar-refractivity contribution in [3.63, 3.8) is 0 Å². The number of ether oxygens (including phenoxy) is 2. The molecule has 1 saturated carbocycles. The standard InChI is InChI=1S/C26H38N4O3/c1-17(2)22-15-29(10-11-30(22)23(31)7-6-12-32-5)25-20(14-27)19-13-26(3,4)33-16-21(19)24(28-25)18-8-9-18/h17-18,22H,6-13,15-16H2,1-5H3. The summed E-state index contributed by atoms with van der Waals surface area (Å²) in [6, 6.07) is 2.60. The fourth-order valence-corrected chi connectivity index (χ4v) is 5.21. The van der Waals surface area contributed by atoms with Gasteiger partial charge in [0.2, 0.25) is 5.91 Å². The van der Waals surface area contributed by atoms with Gasteiger partial charge in [-0.15, -0.1) is 0 Å². The van der Waals surface area contributed by atoms with Gasteiger partial charge in [-0.1, -0.05) is 13.8 Å². The molecule has 3 heterocycles. The SMILES string of the molecule is COCCCC(=O)N1CCN(c2nc(C3CC3)c3c(c2C#N)CC(C)(C)OC3)CC1C(C)C. The molecule has 33 heavy (non-hydrogen) atoms. The Labute approximate surface area is 198 Å². The first-order chi connectivity index (χ1) is 15.8. The van der Waals surface area contributed by atoms with E-state index >= 15 is 0 Å². The number of hydrogen-bond donors (Lipinski definition) is 0. The molecule has 0 aromatic carbocycles. The van der Waals surface area contributed by atoms with Crippen LogP contribution in [0.25, 0.3) is 0 Å². The molecule has 1 aromatic heterocycles. The van der Waals surface area contributed by atoms with Crippen molar-refractivity contribution in [2.75, 3.05) is 38.3 Å². The Bertz CT molecular complexity index is 932. The van der Waals surface area contributed by atoms with Gasteiger partial charge < -0.3 is 19.3 Å². The van der Waals surface area contributed by atoms with Crippen LogP contribution < -0.4 is 4.90 Å². The topological polar surface area (TPSA) is 78.7 Å². The summed E-state index contributed by atoms with van der Waals surface area (Å²) in [4.78, 5) is 22.4. The van der Waals surface area contributed by atoms with E-state index in [0.717, 1.165) is 48.3 Å². The number of nitrogens with zero attached hydrogens (tertiary/aromatic N) is 4. The number of piperazine rings is 1. The lowest BCUT2D eigenvalue weighted by atomic mass is 9.87. The van der Waals surface area contributed by atoms with Gasteiger partial charge in [0.05, 0.1) is 29.5 Å². The summed E-state index contributed by atoms with van der Waals surface area (Å²) in [6.07, 6.45) is 4.30. The second-order valence-corrected chi connectivity index (χ2v) is 10.7. The minimum absolute atomic E-state index is 0.0994. The molecular weight excluding hydrogens is 416 g/mol. The fraction of sp³-hybridized carbons (Fsp3) is 0.731. The zero-order chi connectivity index (χ0) is 23.8. The predicted molar refractivity (Wildman–Crippen MR) is 127 cm³/mol. The Hall–Kier alpha value is -2.17. The number of carbonyl (C=O) groups is 1. The number of rotatable bonds is 7. The number of anilines is 1. The Balaban J connectivity index is 1.65. The van der Waals surface area contributed by atoms with Crippen LogP contribution in [0.1, 0.15) is 81.7 Å². The monoisotopic (exact) mass is 454 g/mol. The molecular formula is C26H38N4O3. The van der Waals surface area contributed by atoms with Crippen molar-refractivity contribution in [1.29, 1.82) is 5.26 Å². The highest BCUT2D eigenvalue weighted by Crippen LogP contribution is 2.46. The van der Waals surface area contributed by atoms with Crippen LogP contribution in [0, 0.1) is 17.2 Å². The van der Waals surface area contributed by atoms with Gasteiger partial charge in [-0.3, -0.25) is 4.79 Å². The van der Waals surface area contributed by atoms with E-state index < -0.39 is 0 Å². The van der Waals surface area contributed by atoms with Crippen LogP contribution in [0.2, 0.25) is 0 Å². The number of nitriles is 1. The van der Waals surface area contributed by atoms with Crippen molar-refractivity contribution in [2.24, 2.45) is 5.92 Å². The highest BCUT2D eigenvalue weighted by Gasteiger charge is 2.39. The summed E-state index contributed by atoms with van der Waals surface area (Å²) in [5.74, 6) is 1.81. The molecule has 0 bridgehead atoms. The largest absolute Gasteiger partial charge is 0.385 e. The summed E-state index contributed by atoms with van der Waals surface area (Å²) in [7, 11) is 1.67. The van der Waals surface area contributed by atoms with E-state index in [-0.39, 0.29) is 17.6 Å². The number of aromatic nitrogens is 1. The normalized spacial score (nSPS) is 22.3. The first-order valence-corrected chi connectivity index (χ1v) is 12.4. The van der Waals surface area contributed by atoms with Gasteiger partial charge in [-0.05, 0) is 44.6 Å². The maximum atomic E-state index is 12.9. The molecule has 3 aliphatic rings. The van der Waals surface area contributed by atoms with Crippen molar-refractivity contribution in [1.82, 2.24) is 9.88 Å². The van der Waals surface area contributed by atoms with E-state index in [0.29, 0.717) is 56.7 Å². The number of methoxy groups -OCH3 is 1. The van der Waals surface area contributed by atoms with Gasteiger partial charge in [0, 0.05) is 57.7 Å². The van der Waals surface area contributed by atoms with E-state index in [1.807, 2.05) is 4.90 Å². The van der Waals surface area contributed by atoms with Crippen molar-refractivity contribution < 1.29 is 14.3 Å². The van der Waals surface area contributed by atoms with Gasteiger partial charge in [0.25, 0.3) is 0 Å². The molecule has 7 nitrogen and oxygen atoms in total. The zero-order valence-electron chi connectivity index (χ0n) is 20.8. The number of hydrogen-bond acceptors (Lipinski definition) is 6. The molecule has 1 amide bonds. The van der Waals surface area contributed by atoms with Gasteiger partial charge in [0.15, 0.2) is 0 Å². The Morgan fingerprint density at radius 3 is 2.70 bits per heavy atom. The van der Waals surface area contributed by atoms with Gasteiger partial charge >= 0.3 is 0 Å². The molecule has 1 aromatic rings. The molecule has 2 fully saturated rings. The van der Waals surface area contributed by atoms with E-state index in [1.54, 1.807) is 7.11 Å². The summed E-state index contributed by atoms with van der Waals surface area (Å²) >= 11 is 0. The van der Waals surface area contributed by atoms with Crippen LogP contribution in [0.3, 0.4) is 0 Å². The fourth-order valence-electron chi connectivity index (χ4n) is 5.21. The number of amides is 1. The van der Waals surface area contributed by atoms with Crippen LogP contribution in [0.5, 0.6) is 0 Å². The Morgan fingerprint density at radius 1 is 1.30 bits per heavy atom. The van der Waals surface area contributed by atoms with Gasteiger partial charge in [0.1, 0.15) is 11.9 Å². The smallest absolute Gasteiger partial charge is 0.223 e. The molecule has 0 radical (unpaired) electrons. The van der Waals surface area contributed by atoms with Crippen LogP contribution >= 0.6 is 0 Å². The molecule has 1 unspecified atom stereocenters. The summed E-state index contributed by atoms with van der Waals surface area (Å²) in [6.45, 7) is 11.7. The second kappa shape index (κ2) is 9.60. The zero-order valence-corrected chi connectivity index (χ0v) is 20.8. The summed E-state index contributed by atoms with van der Waals surface area (Å²) in [5.41, 5.74) is 3.82. The molecule has 4 rings (SSSR count). The minimum Gasteiger partial charge on any atom is -0.385 e. The average molecular weight is 455 g/mol. The van der Waals surface area contributed by atoms with E-state index in [9.17, 15) is 10.1 Å². The van der Waals surface area contributed by atoms with Crippen molar-refractivity contribution in [3.8, 4) is 6.07 Å². The van der Waals surface area contributed by atoms with Crippen molar-refractivity contribution in [3.05, 3.63) is 22.4 Å². The lowest BCUT2D eigenvalue weighted by Gasteiger charge is -2.44. The van der Waals surface area contributed by atoms with Crippen LogP contribution in [-0.2, 0) is 27.3 Å². The third-order valence-corrected chi connectivity index (χ3v) is 7.26. The lowest BCUT2D eigenvalue weighted by Crippen LogP contribution is -2.57. The maximum Gasteiger partial charge on any atom is 0.223 e. The highest BCUT2D eigenvalue weighted by atomic mass is 16.5. The van der Waals surface area contributed by atoms with E-state index in [1.165, 1.54) is 0 Å². The molecule has 1 aliphatic carbocycles. The quantitative estimate of drug-likeness (QED) is 0.584. The van der Waals surface area contributed by atoms with E-state index in [4.69, 9.17) is 14.5 Å². The Morgan fingerprint density at radius 2 is 2.06 bits per heavy atom. The molecule has 0 spiro atoms. The third-order valence-electron chi connectivity index (χ3n) is 7.26. The molecule has 0 N–H and O–H groups in total. The summed E-state index contributed by atoms with van der Waals surface area (Å²) < 4.78 is 11.2. The average Bonchev–Trinajstić information content (AvgIpc) is 3.62. The molecule has 180 valence electrons. The highest BCUT2D eigenvalue weighted by molar-refractivity contribution is 5.77. The van der Waals surface area contributed by atoms with Gasteiger partial charge in [-0.2, -0.15) is 5.26 Å². The van der Waals surface area contributed by atoms with Crippen LogP contribution in [-0.4, -0.2) is 60.8 Å². The number of pyridine rings is 1. The minimum atomic E-state index is -0.286. The first-order valence-electron chi connectivity index (χ1n) is 12.4. The molecule has 7 heteroatoms. The van der Waals surface area contributed by atoms with Crippen LogP contribution in [0.4, 0.5) is 5.82 Å². The van der Waals surface area contributed by atoms with Gasteiger partial charge in [-0.25, -0.2) is 4.98 Å². The van der Waals surface area contributed by atoms with Crippen molar-refractivity contribution >= 4 is 11.7 Å². The number of carbonyl (C=O) groups excluding carboxylic acids is 1. The molecule has 1 atom stereocenters. The predicted octanol–water partition coefficient (Wildman–Crippen LogP) is 3.78. The van der Waals surface area contributed by atoms with E-state index in [2.05, 4.69) is 38.7 Å². The third kappa shape index (κ3) is 5.02. The summed E-state index contributed by atoms with van der Waals surface area (Å²) in [5, 5.41) is 10.2. The molecule has 2 aliphatic heterocycles. The molecule has 1 saturated heterocycles. The van der Waals surface area contributed by atoms with Crippen molar-refractivity contribution in [2.45, 2.75) is 84.0 Å². The van der Waals surface area contributed by atoms with Crippen LogP contribution in [0.15, 0.2) is 0 Å². The Kier molecular flexibility index (Phi) is 6.97. The number of fused-ring (bicyclic) bond motifs is 1. The maximum absolute atomic E-state index is 12.9.